The van der Waals surface area contributed by atoms with E-state index in [4.69, 9.17) is 11.6 Å². The minimum Gasteiger partial charge on any atom is -0.256 e. The molecular formula is C17H11ClN4O2S3. The maximum Gasteiger partial charge on any atom is 0.263 e. The zero-order valence-corrected chi connectivity index (χ0v) is 16.7. The minimum atomic E-state index is -3.69. The van der Waals surface area contributed by atoms with Gasteiger partial charge in [0.25, 0.3) is 10.0 Å². The van der Waals surface area contributed by atoms with Crippen molar-refractivity contribution >= 4 is 60.8 Å². The highest BCUT2D eigenvalue weighted by Gasteiger charge is 2.17. The maximum atomic E-state index is 12.4. The monoisotopic (exact) mass is 434 g/mol. The van der Waals surface area contributed by atoms with Gasteiger partial charge in [-0.05, 0) is 30.3 Å². The van der Waals surface area contributed by atoms with E-state index in [1.165, 1.54) is 23.9 Å². The molecule has 0 aliphatic rings. The van der Waals surface area contributed by atoms with Crippen LogP contribution in [0.1, 0.15) is 0 Å². The summed E-state index contributed by atoms with van der Waals surface area (Å²) in [6.45, 7) is 0. The molecule has 0 amide bonds. The van der Waals surface area contributed by atoms with Crippen LogP contribution in [-0.4, -0.2) is 23.6 Å². The maximum absolute atomic E-state index is 12.4. The number of anilines is 1. The first kappa shape index (κ1) is 18.2. The molecule has 6 nitrogen and oxygen atoms in total. The summed E-state index contributed by atoms with van der Waals surface area (Å²) >= 11 is 8.57. The fraction of sp³-hybridized carbons (Fsp3) is 0. The molecule has 10 heteroatoms. The summed E-state index contributed by atoms with van der Waals surface area (Å²) in [6, 6.07) is 15.5. The van der Waals surface area contributed by atoms with Crippen molar-refractivity contribution in [3.05, 3.63) is 65.8 Å². The number of fused-ring (bicyclic) bond motifs is 1. The molecule has 0 aliphatic carbocycles. The summed E-state index contributed by atoms with van der Waals surface area (Å²) in [4.78, 5) is 5.42. The van der Waals surface area contributed by atoms with E-state index >= 15 is 0 Å². The van der Waals surface area contributed by atoms with Crippen molar-refractivity contribution in [3.8, 4) is 0 Å². The quantitative estimate of drug-likeness (QED) is 0.490. The number of halogens is 1. The van der Waals surface area contributed by atoms with E-state index in [1.54, 1.807) is 36.5 Å². The SMILES string of the molecule is O=S(=O)(Nc1nnc(Sc2ccnc3cc(Cl)ccc23)s1)c1ccccc1. The molecule has 27 heavy (non-hydrogen) atoms. The largest absolute Gasteiger partial charge is 0.263 e. The zero-order valence-electron chi connectivity index (χ0n) is 13.5. The van der Waals surface area contributed by atoms with Crippen molar-refractivity contribution in [2.75, 3.05) is 4.72 Å². The van der Waals surface area contributed by atoms with Crippen LogP contribution in [-0.2, 0) is 10.0 Å². The number of pyridine rings is 1. The van der Waals surface area contributed by atoms with Crippen LogP contribution in [0.4, 0.5) is 5.13 Å². The van der Waals surface area contributed by atoms with E-state index < -0.39 is 10.0 Å². The third-order valence-corrected chi connectivity index (χ3v) is 7.23. The average Bonchev–Trinajstić information content (AvgIpc) is 3.08. The molecule has 0 atom stereocenters. The first-order valence-electron chi connectivity index (χ1n) is 7.65. The number of nitrogens with zero attached hydrogens (tertiary/aromatic N) is 3. The van der Waals surface area contributed by atoms with Crippen molar-refractivity contribution in [1.82, 2.24) is 15.2 Å². The Morgan fingerprint density at radius 1 is 1.04 bits per heavy atom. The average molecular weight is 435 g/mol. The molecule has 0 saturated heterocycles. The fourth-order valence-corrected chi connectivity index (χ4v) is 5.59. The standard InChI is InChI=1S/C17H11ClN4O2S3/c18-11-6-7-13-14(10-11)19-9-8-15(13)25-17-21-20-16(26-17)22-27(23,24)12-4-2-1-3-5-12/h1-10H,(H,20,22). The van der Waals surface area contributed by atoms with Gasteiger partial charge in [0.1, 0.15) is 0 Å². The lowest BCUT2D eigenvalue weighted by atomic mass is 10.2. The smallest absolute Gasteiger partial charge is 0.256 e. The molecule has 0 bridgehead atoms. The Labute approximate surface area is 168 Å². The van der Waals surface area contributed by atoms with Gasteiger partial charge >= 0.3 is 0 Å². The van der Waals surface area contributed by atoms with E-state index in [2.05, 4.69) is 19.9 Å². The molecule has 136 valence electrons. The van der Waals surface area contributed by atoms with Crippen LogP contribution in [0, 0.1) is 0 Å². The third kappa shape index (κ3) is 4.06. The van der Waals surface area contributed by atoms with Crippen LogP contribution in [0.5, 0.6) is 0 Å². The summed E-state index contributed by atoms with van der Waals surface area (Å²) in [5.74, 6) is 0. The normalized spacial score (nSPS) is 11.6. The Balaban J connectivity index is 1.57. The van der Waals surface area contributed by atoms with Crippen molar-refractivity contribution in [3.63, 3.8) is 0 Å². The molecule has 0 fully saturated rings. The highest BCUT2D eigenvalue weighted by atomic mass is 35.5. The summed E-state index contributed by atoms with van der Waals surface area (Å²) in [6.07, 6.45) is 1.70. The number of sulfonamides is 1. The molecular weight excluding hydrogens is 424 g/mol. The van der Waals surface area contributed by atoms with Gasteiger partial charge in [0.05, 0.1) is 10.4 Å². The summed E-state index contributed by atoms with van der Waals surface area (Å²) in [7, 11) is -3.69. The predicted molar refractivity (Wildman–Crippen MR) is 108 cm³/mol. The zero-order chi connectivity index (χ0) is 18.9. The Morgan fingerprint density at radius 3 is 2.67 bits per heavy atom. The number of rotatable bonds is 5. The Kier molecular flexibility index (Phi) is 5.00. The van der Waals surface area contributed by atoms with Crippen LogP contribution < -0.4 is 4.72 Å². The van der Waals surface area contributed by atoms with Crippen LogP contribution in [0.25, 0.3) is 10.9 Å². The molecule has 2 aromatic carbocycles. The van der Waals surface area contributed by atoms with Gasteiger partial charge in [0.15, 0.2) is 4.34 Å². The summed E-state index contributed by atoms with van der Waals surface area (Å²) in [5.41, 5.74) is 0.780. The van der Waals surface area contributed by atoms with Gasteiger partial charge in [-0.1, -0.05) is 59.0 Å². The Bertz CT molecular complexity index is 1210. The Hall–Kier alpha value is -2.20. The van der Waals surface area contributed by atoms with Crippen molar-refractivity contribution in [2.45, 2.75) is 14.1 Å². The van der Waals surface area contributed by atoms with Gasteiger partial charge in [0, 0.05) is 21.5 Å². The second-order valence-corrected chi connectivity index (χ2v) is 9.75. The van der Waals surface area contributed by atoms with Crippen molar-refractivity contribution in [2.24, 2.45) is 0 Å². The number of aromatic nitrogens is 3. The molecule has 0 radical (unpaired) electrons. The van der Waals surface area contributed by atoms with Crippen LogP contribution in [0.2, 0.25) is 5.02 Å². The van der Waals surface area contributed by atoms with Gasteiger partial charge in [-0.3, -0.25) is 9.71 Å². The fourth-order valence-electron chi connectivity index (χ4n) is 2.34. The highest BCUT2D eigenvalue weighted by molar-refractivity contribution is 8.01. The lowest BCUT2D eigenvalue weighted by Crippen LogP contribution is -2.12. The van der Waals surface area contributed by atoms with Gasteiger partial charge in [-0.25, -0.2) is 8.42 Å². The van der Waals surface area contributed by atoms with Crippen molar-refractivity contribution < 1.29 is 8.42 Å². The predicted octanol–water partition coefficient (Wildman–Crippen LogP) is 4.69. The van der Waals surface area contributed by atoms with Crippen LogP contribution in [0.3, 0.4) is 0 Å². The van der Waals surface area contributed by atoms with Gasteiger partial charge in [0.2, 0.25) is 5.13 Å². The lowest BCUT2D eigenvalue weighted by molar-refractivity contribution is 0.601. The van der Waals surface area contributed by atoms with Crippen LogP contribution in [0.15, 0.2) is 74.9 Å². The number of hydrogen-bond donors (Lipinski definition) is 1. The number of hydrogen-bond acceptors (Lipinski definition) is 7. The third-order valence-electron chi connectivity index (χ3n) is 3.54. The van der Waals surface area contributed by atoms with Crippen LogP contribution >= 0.6 is 34.7 Å². The molecule has 4 rings (SSSR count). The molecule has 0 saturated carbocycles. The molecule has 1 N–H and O–H groups in total. The molecule has 0 aliphatic heterocycles. The number of nitrogens with one attached hydrogen (secondary N) is 1. The summed E-state index contributed by atoms with van der Waals surface area (Å²) < 4.78 is 27.8. The summed E-state index contributed by atoms with van der Waals surface area (Å²) in [5, 5.41) is 9.78. The molecule has 2 heterocycles. The second kappa shape index (κ2) is 7.43. The van der Waals surface area contributed by atoms with E-state index in [0.29, 0.717) is 9.36 Å². The topological polar surface area (TPSA) is 84.8 Å². The van der Waals surface area contributed by atoms with E-state index in [0.717, 1.165) is 27.1 Å². The first-order valence-corrected chi connectivity index (χ1v) is 11.1. The van der Waals surface area contributed by atoms with E-state index in [9.17, 15) is 8.42 Å². The molecule has 4 aromatic rings. The van der Waals surface area contributed by atoms with Gasteiger partial charge in [-0.15, -0.1) is 10.2 Å². The molecule has 2 aromatic heterocycles. The van der Waals surface area contributed by atoms with Gasteiger partial charge in [-0.2, -0.15) is 0 Å². The Morgan fingerprint density at radius 2 is 1.85 bits per heavy atom. The number of benzene rings is 2. The highest BCUT2D eigenvalue weighted by Crippen LogP contribution is 2.36. The van der Waals surface area contributed by atoms with E-state index in [1.807, 2.05) is 12.1 Å². The van der Waals surface area contributed by atoms with E-state index in [-0.39, 0.29) is 10.0 Å². The lowest BCUT2D eigenvalue weighted by Gasteiger charge is -2.04. The first-order chi connectivity index (χ1) is 13.0. The molecule has 0 spiro atoms. The van der Waals surface area contributed by atoms with Gasteiger partial charge < -0.3 is 0 Å². The van der Waals surface area contributed by atoms with Crippen molar-refractivity contribution in [1.29, 1.82) is 0 Å². The minimum absolute atomic E-state index is 0.173. The molecule has 0 unspecified atom stereocenters. The second-order valence-electron chi connectivity index (χ2n) is 5.36.